The fraction of sp³-hybridized carbons (Fsp3) is 1.00. The van der Waals surface area contributed by atoms with Gasteiger partial charge in [0.1, 0.15) is 0 Å². The zero-order valence-corrected chi connectivity index (χ0v) is 12.4. The number of nitrogens with zero attached hydrogens (tertiary/aromatic N) is 1. The zero-order valence-electron chi connectivity index (χ0n) is 12.4. The highest BCUT2D eigenvalue weighted by molar-refractivity contribution is 4.89. The van der Waals surface area contributed by atoms with Crippen LogP contribution in [0.3, 0.4) is 0 Å². The Kier molecular flexibility index (Phi) is 5.50. The van der Waals surface area contributed by atoms with Gasteiger partial charge in [-0.15, -0.1) is 0 Å². The molecule has 0 spiro atoms. The van der Waals surface area contributed by atoms with Crippen molar-refractivity contribution in [1.29, 1.82) is 0 Å². The van der Waals surface area contributed by atoms with E-state index in [-0.39, 0.29) is 0 Å². The summed E-state index contributed by atoms with van der Waals surface area (Å²) in [7, 11) is 0. The molecule has 2 saturated carbocycles. The first kappa shape index (κ1) is 14.3. The van der Waals surface area contributed by atoms with Crippen molar-refractivity contribution in [2.75, 3.05) is 6.54 Å². The van der Waals surface area contributed by atoms with E-state index in [1.54, 1.807) is 0 Å². The molecular formula is C16H32N2. The molecule has 2 nitrogen and oxygen atoms in total. The van der Waals surface area contributed by atoms with Crippen LogP contribution >= 0.6 is 0 Å². The molecule has 2 aliphatic rings. The highest BCUT2D eigenvalue weighted by Gasteiger charge is 2.33. The minimum absolute atomic E-state index is 0.480. The lowest BCUT2D eigenvalue weighted by atomic mass is 9.80. The third-order valence-electron chi connectivity index (χ3n) is 5.39. The van der Waals surface area contributed by atoms with E-state index in [0.29, 0.717) is 6.04 Å². The van der Waals surface area contributed by atoms with Crippen LogP contribution in [0.4, 0.5) is 0 Å². The minimum atomic E-state index is 0.480. The fourth-order valence-electron chi connectivity index (χ4n) is 4.30. The second kappa shape index (κ2) is 6.91. The molecule has 106 valence electrons. The van der Waals surface area contributed by atoms with Gasteiger partial charge in [0.2, 0.25) is 0 Å². The first-order valence-electron chi connectivity index (χ1n) is 8.27. The first-order chi connectivity index (χ1) is 8.76. The van der Waals surface area contributed by atoms with Gasteiger partial charge in [0.05, 0.1) is 0 Å². The molecule has 0 aromatic carbocycles. The SMILES string of the molecule is CCC1CCCCC1N(CC)C1CCC(N)CC1. The quantitative estimate of drug-likeness (QED) is 0.829. The fourth-order valence-corrected chi connectivity index (χ4v) is 4.30. The van der Waals surface area contributed by atoms with Crippen molar-refractivity contribution in [3.63, 3.8) is 0 Å². The molecule has 2 fully saturated rings. The Hall–Kier alpha value is -0.0800. The summed E-state index contributed by atoms with van der Waals surface area (Å²) in [6, 6.07) is 2.17. The third kappa shape index (κ3) is 3.27. The van der Waals surface area contributed by atoms with E-state index in [0.717, 1.165) is 18.0 Å². The molecule has 0 bridgehead atoms. The smallest absolute Gasteiger partial charge is 0.0126 e. The van der Waals surface area contributed by atoms with E-state index in [2.05, 4.69) is 18.7 Å². The molecule has 2 atom stereocenters. The third-order valence-corrected chi connectivity index (χ3v) is 5.39. The van der Waals surface area contributed by atoms with Gasteiger partial charge in [-0.1, -0.05) is 33.1 Å². The van der Waals surface area contributed by atoms with Crippen molar-refractivity contribution in [2.24, 2.45) is 11.7 Å². The number of nitrogens with two attached hydrogens (primary N) is 1. The number of rotatable bonds is 4. The lowest BCUT2D eigenvalue weighted by Gasteiger charge is -2.45. The topological polar surface area (TPSA) is 29.3 Å². The second-order valence-electron chi connectivity index (χ2n) is 6.42. The van der Waals surface area contributed by atoms with E-state index in [1.165, 1.54) is 64.3 Å². The van der Waals surface area contributed by atoms with Crippen molar-refractivity contribution >= 4 is 0 Å². The van der Waals surface area contributed by atoms with E-state index in [4.69, 9.17) is 5.73 Å². The van der Waals surface area contributed by atoms with Crippen LogP contribution < -0.4 is 5.73 Å². The van der Waals surface area contributed by atoms with Gasteiger partial charge >= 0.3 is 0 Å². The molecule has 2 heteroatoms. The molecular weight excluding hydrogens is 220 g/mol. The maximum absolute atomic E-state index is 6.05. The van der Waals surface area contributed by atoms with E-state index in [9.17, 15) is 0 Å². The summed E-state index contributed by atoms with van der Waals surface area (Å²) >= 11 is 0. The Balaban J connectivity index is 1.97. The summed E-state index contributed by atoms with van der Waals surface area (Å²) in [5, 5.41) is 0. The molecule has 18 heavy (non-hydrogen) atoms. The van der Waals surface area contributed by atoms with Crippen LogP contribution in [-0.4, -0.2) is 29.6 Å². The van der Waals surface area contributed by atoms with Gasteiger partial charge in [0.15, 0.2) is 0 Å². The molecule has 0 heterocycles. The van der Waals surface area contributed by atoms with Crippen LogP contribution in [0, 0.1) is 5.92 Å². The average molecular weight is 252 g/mol. The molecule has 2 rings (SSSR count). The van der Waals surface area contributed by atoms with Crippen LogP contribution in [0.25, 0.3) is 0 Å². The Labute approximate surface area is 113 Å². The summed E-state index contributed by atoms with van der Waals surface area (Å²) < 4.78 is 0. The average Bonchev–Trinajstić information content (AvgIpc) is 2.42. The van der Waals surface area contributed by atoms with Gasteiger partial charge in [-0.25, -0.2) is 0 Å². The van der Waals surface area contributed by atoms with E-state index >= 15 is 0 Å². The predicted octanol–water partition coefficient (Wildman–Crippen LogP) is 3.55. The molecule has 0 aliphatic heterocycles. The van der Waals surface area contributed by atoms with Crippen LogP contribution in [0.5, 0.6) is 0 Å². The first-order valence-corrected chi connectivity index (χ1v) is 8.27. The highest BCUT2D eigenvalue weighted by atomic mass is 15.2. The summed E-state index contributed by atoms with van der Waals surface area (Å²) in [6.45, 7) is 5.98. The summed E-state index contributed by atoms with van der Waals surface area (Å²) in [6.07, 6.45) is 12.3. The lowest BCUT2D eigenvalue weighted by molar-refractivity contribution is 0.0471. The van der Waals surface area contributed by atoms with Gasteiger partial charge in [-0.3, -0.25) is 4.90 Å². The Bertz CT molecular complexity index is 233. The minimum Gasteiger partial charge on any atom is -0.328 e. The molecule has 0 aromatic heterocycles. The van der Waals surface area contributed by atoms with Crippen molar-refractivity contribution in [3.8, 4) is 0 Å². The van der Waals surface area contributed by atoms with Crippen LogP contribution in [-0.2, 0) is 0 Å². The molecule has 0 saturated heterocycles. The maximum Gasteiger partial charge on any atom is 0.0126 e. The molecule has 2 aliphatic carbocycles. The highest BCUT2D eigenvalue weighted by Crippen LogP contribution is 2.34. The maximum atomic E-state index is 6.05. The van der Waals surface area contributed by atoms with Crippen LogP contribution in [0.15, 0.2) is 0 Å². The van der Waals surface area contributed by atoms with Gasteiger partial charge in [0.25, 0.3) is 0 Å². The van der Waals surface area contributed by atoms with E-state index in [1.807, 2.05) is 0 Å². The normalized spacial score (nSPS) is 38.0. The molecule has 0 radical (unpaired) electrons. The molecule has 2 unspecified atom stereocenters. The van der Waals surface area contributed by atoms with Crippen molar-refractivity contribution in [2.45, 2.75) is 89.8 Å². The van der Waals surface area contributed by atoms with Crippen molar-refractivity contribution in [1.82, 2.24) is 4.90 Å². The largest absolute Gasteiger partial charge is 0.328 e. The Morgan fingerprint density at radius 3 is 2.22 bits per heavy atom. The van der Waals surface area contributed by atoms with Crippen LogP contribution in [0.1, 0.15) is 71.6 Å². The Morgan fingerprint density at radius 2 is 1.61 bits per heavy atom. The monoisotopic (exact) mass is 252 g/mol. The molecule has 2 N–H and O–H groups in total. The Morgan fingerprint density at radius 1 is 0.944 bits per heavy atom. The van der Waals surface area contributed by atoms with E-state index < -0.39 is 0 Å². The molecule has 0 aromatic rings. The standard InChI is InChI=1S/C16H32N2/c1-3-13-7-5-6-8-16(13)18(4-2)15-11-9-14(17)10-12-15/h13-16H,3-12,17H2,1-2H3. The summed E-state index contributed by atoms with van der Waals surface area (Å²) in [5.41, 5.74) is 6.05. The summed E-state index contributed by atoms with van der Waals surface area (Å²) in [4.78, 5) is 2.85. The van der Waals surface area contributed by atoms with Crippen molar-refractivity contribution < 1.29 is 0 Å². The number of hydrogen-bond acceptors (Lipinski definition) is 2. The van der Waals surface area contributed by atoms with Gasteiger partial charge in [-0.05, 0) is 51.0 Å². The lowest BCUT2D eigenvalue weighted by Crippen LogP contribution is -2.50. The second-order valence-corrected chi connectivity index (χ2v) is 6.42. The van der Waals surface area contributed by atoms with Gasteiger partial charge in [0, 0.05) is 18.1 Å². The molecule has 0 amide bonds. The van der Waals surface area contributed by atoms with Crippen LogP contribution in [0.2, 0.25) is 0 Å². The van der Waals surface area contributed by atoms with Gasteiger partial charge in [-0.2, -0.15) is 0 Å². The summed E-state index contributed by atoms with van der Waals surface area (Å²) in [5.74, 6) is 0.953. The predicted molar refractivity (Wildman–Crippen MR) is 78.6 cm³/mol. The zero-order chi connectivity index (χ0) is 13.0. The number of hydrogen-bond donors (Lipinski definition) is 1. The van der Waals surface area contributed by atoms with Gasteiger partial charge < -0.3 is 5.73 Å². The van der Waals surface area contributed by atoms with Crippen molar-refractivity contribution in [3.05, 3.63) is 0 Å².